The molecule has 0 spiro atoms. The third kappa shape index (κ3) is 5.14. The number of unbranched alkanes of at least 4 members (excludes halogenated alkanes) is 1. The van der Waals surface area contributed by atoms with Crippen LogP contribution in [0.3, 0.4) is 0 Å². The molecule has 0 aliphatic carbocycles. The number of carbonyl (C=O) groups is 2. The van der Waals surface area contributed by atoms with Gasteiger partial charge in [-0.2, -0.15) is 0 Å². The fraction of sp³-hybridized carbons (Fsp3) is 0.429. The molecule has 1 fully saturated rings. The van der Waals surface area contributed by atoms with Crippen LogP contribution in [-0.2, 0) is 9.59 Å². The maximum Gasteiger partial charge on any atom is 0.295 e. The maximum atomic E-state index is 13.3. The molecule has 1 atom stereocenters. The van der Waals surface area contributed by atoms with Crippen molar-refractivity contribution in [3.63, 3.8) is 0 Å². The van der Waals surface area contributed by atoms with Gasteiger partial charge < -0.3 is 24.2 Å². The Hall–Kier alpha value is -3.48. The maximum absolute atomic E-state index is 13.3. The number of carbonyl (C=O) groups excluding carboxylic acids is 2. The highest BCUT2D eigenvalue weighted by Gasteiger charge is 2.46. The molecular formula is C28H35NO6. The van der Waals surface area contributed by atoms with E-state index in [-0.39, 0.29) is 17.3 Å². The Balaban J connectivity index is 2.21. The molecule has 0 bridgehead atoms. The van der Waals surface area contributed by atoms with E-state index in [4.69, 9.17) is 14.2 Å². The molecule has 3 rings (SSSR count). The summed E-state index contributed by atoms with van der Waals surface area (Å²) in [6, 6.07) is 9.89. The first-order valence-electron chi connectivity index (χ1n) is 12.1. The second-order valence-corrected chi connectivity index (χ2v) is 8.80. The van der Waals surface area contributed by atoms with Crippen LogP contribution in [0.15, 0.2) is 42.0 Å². The second kappa shape index (κ2) is 11.3. The Labute approximate surface area is 207 Å². The predicted octanol–water partition coefficient (Wildman–Crippen LogP) is 5.45. The zero-order chi connectivity index (χ0) is 25.7. The summed E-state index contributed by atoms with van der Waals surface area (Å²) in [5.74, 6) is 0.376. The molecule has 1 saturated heterocycles. The molecule has 1 amide bonds. The van der Waals surface area contributed by atoms with Crippen molar-refractivity contribution >= 4 is 17.4 Å². The van der Waals surface area contributed by atoms with Crippen LogP contribution >= 0.6 is 0 Å². The summed E-state index contributed by atoms with van der Waals surface area (Å²) in [4.78, 5) is 27.9. The average Bonchev–Trinajstić information content (AvgIpc) is 3.11. The van der Waals surface area contributed by atoms with Crippen molar-refractivity contribution in [1.29, 1.82) is 0 Å². The average molecular weight is 482 g/mol. The number of ketones is 1. The number of amides is 1. The lowest BCUT2D eigenvalue weighted by atomic mass is 9.93. The Kier molecular flexibility index (Phi) is 8.43. The molecular weight excluding hydrogens is 446 g/mol. The fourth-order valence-electron chi connectivity index (χ4n) is 4.40. The van der Waals surface area contributed by atoms with Crippen LogP contribution in [-0.4, -0.2) is 49.1 Å². The Morgan fingerprint density at radius 1 is 1.00 bits per heavy atom. The molecule has 188 valence electrons. The lowest BCUT2D eigenvalue weighted by Crippen LogP contribution is -2.30. The lowest BCUT2D eigenvalue weighted by Gasteiger charge is -2.26. The van der Waals surface area contributed by atoms with Crippen molar-refractivity contribution in [2.75, 3.05) is 27.4 Å². The predicted molar refractivity (Wildman–Crippen MR) is 135 cm³/mol. The molecule has 2 aromatic carbocycles. The van der Waals surface area contributed by atoms with Crippen LogP contribution in [0.4, 0.5) is 0 Å². The standard InChI is InChI=1S/C28H35NO6/c1-7-9-14-29-25(18-10-13-22(33-5)23(16-18)34-6)24(27(31)28(29)32)26(30)19-11-12-21(35-8-2)20(15-19)17(3)4/h10-13,15-17,25,30H,7-9,14H2,1-6H3/b26-24+. The molecule has 1 unspecified atom stereocenters. The van der Waals surface area contributed by atoms with Crippen LogP contribution < -0.4 is 14.2 Å². The van der Waals surface area contributed by atoms with E-state index < -0.39 is 17.7 Å². The van der Waals surface area contributed by atoms with Crippen molar-refractivity contribution in [2.45, 2.75) is 52.5 Å². The zero-order valence-corrected chi connectivity index (χ0v) is 21.4. The molecule has 0 aromatic heterocycles. The van der Waals surface area contributed by atoms with Crippen molar-refractivity contribution in [3.05, 3.63) is 58.7 Å². The third-order valence-electron chi connectivity index (χ3n) is 6.22. The van der Waals surface area contributed by atoms with Gasteiger partial charge in [-0.25, -0.2) is 0 Å². The number of Topliss-reactive ketones (excluding diaryl/α,β-unsaturated/α-hetero) is 1. The first-order chi connectivity index (χ1) is 16.8. The third-order valence-corrected chi connectivity index (χ3v) is 6.22. The number of rotatable bonds is 10. The quantitative estimate of drug-likeness (QED) is 0.276. The molecule has 0 saturated carbocycles. The van der Waals surface area contributed by atoms with Crippen molar-refractivity contribution in [2.24, 2.45) is 0 Å². The van der Waals surface area contributed by atoms with Gasteiger partial charge >= 0.3 is 0 Å². The minimum absolute atomic E-state index is 0.0668. The highest BCUT2D eigenvalue weighted by atomic mass is 16.5. The SMILES string of the molecule is CCCCN1C(=O)C(=O)/C(=C(/O)c2ccc(OCC)c(C(C)C)c2)C1c1ccc(OC)c(OC)c1. The molecule has 35 heavy (non-hydrogen) atoms. The van der Waals surface area contributed by atoms with Crippen molar-refractivity contribution < 1.29 is 28.9 Å². The van der Waals surface area contributed by atoms with Gasteiger partial charge in [0, 0.05) is 12.1 Å². The van der Waals surface area contributed by atoms with Gasteiger partial charge in [-0.1, -0.05) is 33.3 Å². The highest BCUT2D eigenvalue weighted by molar-refractivity contribution is 6.46. The van der Waals surface area contributed by atoms with Gasteiger partial charge in [-0.3, -0.25) is 9.59 Å². The summed E-state index contributed by atoms with van der Waals surface area (Å²) >= 11 is 0. The molecule has 0 radical (unpaired) electrons. The number of ether oxygens (including phenoxy) is 3. The van der Waals surface area contributed by atoms with Gasteiger partial charge in [0.05, 0.1) is 32.4 Å². The van der Waals surface area contributed by atoms with E-state index >= 15 is 0 Å². The molecule has 2 aromatic rings. The monoisotopic (exact) mass is 481 g/mol. The number of likely N-dealkylation sites (tertiary alicyclic amines) is 1. The van der Waals surface area contributed by atoms with E-state index in [9.17, 15) is 14.7 Å². The molecule has 7 heteroatoms. The normalized spacial score (nSPS) is 17.2. The summed E-state index contributed by atoms with van der Waals surface area (Å²) in [6.45, 7) is 8.93. The molecule has 1 N–H and O–H groups in total. The van der Waals surface area contributed by atoms with E-state index in [1.165, 1.54) is 12.0 Å². The van der Waals surface area contributed by atoms with E-state index in [0.29, 0.717) is 35.8 Å². The van der Waals surface area contributed by atoms with Crippen LogP contribution in [0.1, 0.15) is 69.2 Å². The first-order valence-corrected chi connectivity index (χ1v) is 12.1. The van der Waals surface area contributed by atoms with Crippen molar-refractivity contribution in [1.82, 2.24) is 4.90 Å². The fourth-order valence-corrected chi connectivity index (χ4v) is 4.40. The van der Waals surface area contributed by atoms with Gasteiger partial charge in [0.1, 0.15) is 11.5 Å². The second-order valence-electron chi connectivity index (χ2n) is 8.80. The van der Waals surface area contributed by atoms with E-state index in [2.05, 4.69) is 0 Å². The van der Waals surface area contributed by atoms with Gasteiger partial charge in [0.15, 0.2) is 11.5 Å². The van der Waals surface area contributed by atoms with Crippen molar-refractivity contribution in [3.8, 4) is 17.2 Å². The Morgan fingerprint density at radius 2 is 1.69 bits per heavy atom. The number of aliphatic hydroxyl groups is 1. The lowest BCUT2D eigenvalue weighted by molar-refractivity contribution is -0.139. The van der Waals surface area contributed by atoms with E-state index in [1.54, 1.807) is 37.4 Å². The number of hydrogen-bond donors (Lipinski definition) is 1. The smallest absolute Gasteiger partial charge is 0.295 e. The van der Waals surface area contributed by atoms with Crippen LogP contribution in [0.5, 0.6) is 17.2 Å². The highest BCUT2D eigenvalue weighted by Crippen LogP contribution is 2.42. The summed E-state index contributed by atoms with van der Waals surface area (Å²) in [7, 11) is 3.08. The molecule has 7 nitrogen and oxygen atoms in total. The number of aliphatic hydroxyl groups excluding tert-OH is 1. The van der Waals surface area contributed by atoms with Gasteiger partial charge in [-0.15, -0.1) is 0 Å². The van der Waals surface area contributed by atoms with Gasteiger partial charge in [0.25, 0.3) is 11.7 Å². The van der Waals surface area contributed by atoms with Crippen LogP contribution in [0, 0.1) is 0 Å². The number of nitrogens with zero attached hydrogens (tertiary/aromatic N) is 1. The van der Waals surface area contributed by atoms with Gasteiger partial charge in [0.2, 0.25) is 0 Å². The largest absolute Gasteiger partial charge is 0.507 e. The molecule has 1 aliphatic rings. The summed E-state index contributed by atoms with van der Waals surface area (Å²) < 4.78 is 16.6. The van der Waals surface area contributed by atoms with Crippen LogP contribution in [0.25, 0.3) is 5.76 Å². The summed E-state index contributed by atoms with van der Waals surface area (Å²) in [5, 5.41) is 11.4. The first kappa shape index (κ1) is 26.1. The molecule has 1 aliphatic heterocycles. The summed E-state index contributed by atoms with van der Waals surface area (Å²) in [6.07, 6.45) is 1.59. The number of methoxy groups -OCH3 is 2. The van der Waals surface area contributed by atoms with E-state index in [0.717, 1.165) is 24.2 Å². The Bertz CT molecular complexity index is 1120. The topological polar surface area (TPSA) is 85.3 Å². The summed E-state index contributed by atoms with van der Waals surface area (Å²) in [5.41, 5.74) is 2.11. The van der Waals surface area contributed by atoms with E-state index in [1.807, 2.05) is 33.8 Å². The zero-order valence-electron chi connectivity index (χ0n) is 21.4. The number of benzene rings is 2. The number of hydrogen-bond acceptors (Lipinski definition) is 6. The molecule has 1 heterocycles. The van der Waals surface area contributed by atoms with Gasteiger partial charge in [-0.05, 0) is 60.7 Å². The van der Waals surface area contributed by atoms with Crippen LogP contribution in [0.2, 0.25) is 0 Å². The minimum atomic E-state index is -0.740. The minimum Gasteiger partial charge on any atom is -0.507 e. The Morgan fingerprint density at radius 3 is 2.29 bits per heavy atom.